The minimum Gasteiger partial charge on any atom is -0.495 e. The Hall–Kier alpha value is -2.80. The third-order valence-electron chi connectivity index (χ3n) is 6.32. The van der Waals surface area contributed by atoms with Gasteiger partial charge in [-0.25, -0.2) is 9.37 Å². The number of nitrogens with one attached hydrogen (secondary N) is 2. The van der Waals surface area contributed by atoms with Gasteiger partial charge in [0.15, 0.2) is 5.82 Å². The summed E-state index contributed by atoms with van der Waals surface area (Å²) in [6.07, 6.45) is 2.64. The molecule has 0 amide bonds. The van der Waals surface area contributed by atoms with Crippen molar-refractivity contribution in [1.29, 1.82) is 0 Å². The molecule has 4 rings (SSSR count). The summed E-state index contributed by atoms with van der Waals surface area (Å²) < 4.78 is 60.9. The molecule has 3 heterocycles. The Morgan fingerprint density at radius 1 is 1.32 bits per heavy atom. The molecule has 0 bridgehead atoms. The van der Waals surface area contributed by atoms with Crippen molar-refractivity contribution in [1.82, 2.24) is 14.3 Å². The fraction of sp³-hybridized carbons (Fsp3) is 0.423. The lowest BCUT2D eigenvalue weighted by Crippen LogP contribution is -2.46. The first kappa shape index (κ1) is 28.2. The van der Waals surface area contributed by atoms with Gasteiger partial charge in [0, 0.05) is 30.8 Å². The van der Waals surface area contributed by atoms with Crippen molar-refractivity contribution in [2.45, 2.75) is 29.4 Å². The number of methoxy groups -OCH3 is 1. The van der Waals surface area contributed by atoms with Crippen LogP contribution in [0.2, 0.25) is 0 Å². The number of nitrogens with zero attached hydrogens (tertiary/aromatic N) is 3. The third kappa shape index (κ3) is 6.60. The van der Waals surface area contributed by atoms with Crippen LogP contribution in [-0.4, -0.2) is 79.4 Å². The Morgan fingerprint density at radius 3 is 2.79 bits per heavy atom. The highest BCUT2D eigenvalue weighted by atomic mass is 32.2. The van der Waals surface area contributed by atoms with Gasteiger partial charge in [0.1, 0.15) is 24.1 Å². The van der Waals surface area contributed by atoms with Crippen LogP contribution in [0.5, 0.6) is 5.75 Å². The summed E-state index contributed by atoms with van der Waals surface area (Å²) in [6.45, 7) is 4.68. The van der Waals surface area contributed by atoms with Crippen LogP contribution in [-0.2, 0) is 4.57 Å². The van der Waals surface area contributed by atoms with Gasteiger partial charge >= 0.3 is 0 Å². The number of alkyl halides is 3. The summed E-state index contributed by atoms with van der Waals surface area (Å²) >= 11 is 0.405. The van der Waals surface area contributed by atoms with E-state index >= 15 is 0 Å². The number of aromatic nitrogens is 2. The van der Waals surface area contributed by atoms with Gasteiger partial charge in [-0.2, -0.15) is 8.78 Å². The number of anilines is 2. The maximum absolute atomic E-state index is 14.6. The number of piperidine rings is 1. The molecule has 1 fully saturated rings. The minimum absolute atomic E-state index is 0.221. The largest absolute Gasteiger partial charge is 0.495 e. The van der Waals surface area contributed by atoms with Gasteiger partial charge in [-0.05, 0) is 62.8 Å². The van der Waals surface area contributed by atoms with Gasteiger partial charge in [-0.3, -0.25) is 0 Å². The lowest BCUT2D eigenvalue weighted by Gasteiger charge is -2.33. The van der Waals surface area contributed by atoms with Crippen molar-refractivity contribution >= 4 is 41.2 Å². The van der Waals surface area contributed by atoms with E-state index in [1.165, 1.54) is 13.3 Å². The molecule has 7 nitrogen and oxygen atoms in total. The topological polar surface area (TPSA) is 70.9 Å². The Morgan fingerprint density at radius 2 is 2.11 bits per heavy atom. The van der Waals surface area contributed by atoms with Crippen LogP contribution in [0.1, 0.15) is 12.0 Å². The molecular weight excluding hydrogens is 534 g/mol. The SMILES string of the molecule is COc1cc(P(C)(C)=O)ccc1NCC#Cc1cc2c(N[C@@H]3CCN(C)C[C@@H]3F)nccn2c1SC(F)F. The Balaban J connectivity index is 1.58. The highest BCUT2D eigenvalue weighted by Crippen LogP contribution is 2.37. The predicted octanol–water partition coefficient (Wildman–Crippen LogP) is 4.82. The first-order chi connectivity index (χ1) is 18.1. The Labute approximate surface area is 224 Å². The molecule has 0 saturated carbocycles. The highest BCUT2D eigenvalue weighted by Gasteiger charge is 2.28. The summed E-state index contributed by atoms with van der Waals surface area (Å²) in [5.41, 5.74) is 1.66. The van der Waals surface area contributed by atoms with Crippen LogP contribution >= 0.6 is 18.9 Å². The maximum atomic E-state index is 14.6. The van der Waals surface area contributed by atoms with Crippen molar-refractivity contribution < 1.29 is 22.5 Å². The molecule has 0 spiro atoms. The first-order valence-corrected chi connectivity index (χ1v) is 15.5. The van der Waals surface area contributed by atoms with Crippen LogP contribution in [0, 0.1) is 11.8 Å². The molecule has 1 saturated heterocycles. The zero-order valence-electron chi connectivity index (χ0n) is 21.7. The van der Waals surface area contributed by atoms with Gasteiger partial charge in [-0.15, -0.1) is 0 Å². The lowest BCUT2D eigenvalue weighted by molar-refractivity contribution is 0.149. The van der Waals surface area contributed by atoms with Crippen LogP contribution in [0.4, 0.5) is 24.7 Å². The molecule has 0 aliphatic carbocycles. The monoisotopic (exact) mass is 565 g/mol. The Kier molecular flexibility index (Phi) is 8.86. The summed E-state index contributed by atoms with van der Waals surface area (Å²) in [5.74, 6) is 4.30. The molecule has 12 heteroatoms. The average Bonchev–Trinajstić information content (AvgIpc) is 3.20. The molecule has 1 aromatic carbocycles. The molecule has 2 atom stereocenters. The zero-order chi connectivity index (χ0) is 27.4. The fourth-order valence-electron chi connectivity index (χ4n) is 4.32. The highest BCUT2D eigenvalue weighted by molar-refractivity contribution is 7.99. The molecule has 2 aromatic heterocycles. The number of likely N-dealkylation sites (tertiary alicyclic amines) is 1. The molecule has 0 radical (unpaired) electrons. The van der Waals surface area contributed by atoms with E-state index in [-0.39, 0.29) is 11.6 Å². The number of ether oxygens (including phenoxy) is 1. The first-order valence-electron chi connectivity index (χ1n) is 12.1. The minimum atomic E-state index is -2.64. The van der Waals surface area contributed by atoms with E-state index in [0.717, 1.165) is 6.54 Å². The van der Waals surface area contributed by atoms with Crippen molar-refractivity contribution in [2.24, 2.45) is 0 Å². The number of fused-ring (bicyclic) bond motifs is 1. The summed E-state index contributed by atoms with van der Waals surface area (Å²) in [7, 11) is 0.969. The van der Waals surface area contributed by atoms with Crippen LogP contribution in [0.3, 0.4) is 0 Å². The van der Waals surface area contributed by atoms with Crippen LogP contribution in [0.25, 0.3) is 5.52 Å². The molecule has 204 valence electrons. The van der Waals surface area contributed by atoms with E-state index in [0.29, 0.717) is 58.4 Å². The number of rotatable bonds is 8. The Bertz CT molecular complexity index is 1400. The summed E-state index contributed by atoms with van der Waals surface area (Å²) in [4.78, 5) is 6.30. The van der Waals surface area contributed by atoms with Gasteiger partial charge in [-0.1, -0.05) is 11.8 Å². The van der Waals surface area contributed by atoms with Crippen molar-refractivity contribution in [3.63, 3.8) is 0 Å². The second kappa shape index (κ2) is 11.9. The molecule has 2 N–H and O–H groups in total. The van der Waals surface area contributed by atoms with E-state index in [1.807, 2.05) is 11.9 Å². The van der Waals surface area contributed by atoms with Gasteiger partial charge in [0.25, 0.3) is 5.76 Å². The second-order valence-electron chi connectivity index (χ2n) is 9.48. The number of benzene rings is 1. The van der Waals surface area contributed by atoms with Gasteiger partial charge in [0.05, 0.1) is 36.5 Å². The number of halogens is 3. The molecule has 38 heavy (non-hydrogen) atoms. The quantitative estimate of drug-likeness (QED) is 0.231. The smallest absolute Gasteiger partial charge is 0.290 e. The molecular formula is C26H31F3N5O2PS. The van der Waals surface area contributed by atoms with Crippen molar-refractivity contribution in [3.05, 3.63) is 42.2 Å². The fourth-order valence-corrected chi connectivity index (χ4v) is 5.86. The van der Waals surface area contributed by atoms with Crippen LogP contribution in [0.15, 0.2) is 41.7 Å². The van der Waals surface area contributed by atoms with E-state index in [1.54, 1.807) is 48.2 Å². The van der Waals surface area contributed by atoms with Crippen molar-refractivity contribution in [3.8, 4) is 17.6 Å². The van der Waals surface area contributed by atoms with Gasteiger partial charge < -0.3 is 29.2 Å². The number of thioether (sulfide) groups is 1. The van der Waals surface area contributed by atoms with Crippen LogP contribution < -0.4 is 20.7 Å². The molecule has 1 aliphatic heterocycles. The van der Waals surface area contributed by atoms with E-state index in [4.69, 9.17) is 4.74 Å². The normalized spacial score (nSPS) is 18.3. The maximum Gasteiger partial charge on any atom is 0.290 e. The predicted molar refractivity (Wildman–Crippen MR) is 149 cm³/mol. The molecule has 0 unspecified atom stereocenters. The van der Waals surface area contributed by atoms with Gasteiger partial charge in [0.2, 0.25) is 0 Å². The second-order valence-corrected chi connectivity index (χ2v) is 13.7. The lowest BCUT2D eigenvalue weighted by atomic mass is 10.0. The van der Waals surface area contributed by atoms with E-state index in [9.17, 15) is 17.7 Å². The van der Waals surface area contributed by atoms with E-state index < -0.39 is 25.1 Å². The number of hydrogen-bond acceptors (Lipinski definition) is 7. The standard InChI is InChI=1S/C26H31F3N5O2PS/c1-33-12-9-20(19(27)16-33)32-24-22-14-17(25(38-26(28)29)34(22)13-11-31-24)6-5-10-30-21-8-7-18(37(3,4)35)15-23(21)36-2/h7-8,11,13-15,19-20,26,30H,9-10,12,16H2,1-4H3,(H,31,32)/t19-,20+/m0/s1. The van der Waals surface area contributed by atoms with E-state index in [2.05, 4.69) is 27.5 Å². The molecule has 1 aliphatic rings. The number of hydrogen-bond donors (Lipinski definition) is 2. The molecule has 3 aromatic rings. The average molecular weight is 566 g/mol. The third-order valence-corrected chi connectivity index (χ3v) is 8.66. The summed E-state index contributed by atoms with van der Waals surface area (Å²) in [5, 5.41) is 7.34. The zero-order valence-corrected chi connectivity index (χ0v) is 23.4. The summed E-state index contributed by atoms with van der Waals surface area (Å²) in [6, 6.07) is 6.59. The van der Waals surface area contributed by atoms with Crippen molar-refractivity contribution in [2.75, 3.05) is 57.8 Å².